The Balaban J connectivity index is 2.37. The first-order valence-electron chi connectivity index (χ1n) is 5.05. The first-order valence-corrected chi connectivity index (χ1v) is 6.60. The van der Waals surface area contributed by atoms with Gasteiger partial charge in [0, 0.05) is 27.1 Å². The summed E-state index contributed by atoms with van der Waals surface area (Å²) in [7, 11) is -0.874. The molecule has 1 N–H and O–H groups in total. The summed E-state index contributed by atoms with van der Waals surface area (Å²) in [5.74, 6) is 0. The van der Waals surface area contributed by atoms with E-state index >= 15 is 0 Å². The Morgan fingerprint density at radius 2 is 1.62 bits per heavy atom. The maximum absolute atomic E-state index is 12.2. The fourth-order valence-electron chi connectivity index (χ4n) is 2.18. The molecule has 0 atom stereocenters. The predicted molar refractivity (Wildman–Crippen MR) is 60.4 cm³/mol. The molecule has 0 bridgehead atoms. The van der Waals surface area contributed by atoms with Crippen LogP contribution in [0.25, 0.3) is 0 Å². The van der Waals surface area contributed by atoms with Gasteiger partial charge in [-0.05, 0) is 11.1 Å². The highest BCUT2D eigenvalue weighted by molar-refractivity contribution is 7.55. The maximum Gasteiger partial charge on any atom is 0.362 e. The lowest BCUT2D eigenvalue weighted by molar-refractivity contribution is 0.0874. The summed E-state index contributed by atoms with van der Waals surface area (Å²) >= 11 is 0. The van der Waals surface area contributed by atoms with E-state index in [-0.39, 0.29) is 0 Å². The van der Waals surface area contributed by atoms with Crippen molar-refractivity contribution in [3.05, 3.63) is 35.4 Å². The lowest BCUT2D eigenvalue weighted by atomic mass is 10.1. The van der Waals surface area contributed by atoms with Crippen molar-refractivity contribution in [1.29, 1.82) is 0 Å². The van der Waals surface area contributed by atoms with E-state index in [1.807, 2.05) is 24.3 Å². The topological polar surface area (TPSA) is 55.8 Å². The normalized spacial score (nSPS) is 18.4. The van der Waals surface area contributed by atoms with Gasteiger partial charge in [-0.2, -0.15) is 0 Å². The molecule has 0 spiro atoms. The van der Waals surface area contributed by atoms with Crippen molar-refractivity contribution >= 4 is 7.60 Å². The lowest BCUT2D eigenvalue weighted by Gasteiger charge is -2.28. The second-order valence-corrected chi connectivity index (χ2v) is 6.53. The Hall–Kier alpha value is -0.670. The standard InChI is InChI=1S/C11H15O4P/c1-14-16(13,15-2)11(12)7-9-5-3-4-6-10(9)8-11/h3-6,12H,7-8H2,1-2H3. The van der Waals surface area contributed by atoms with E-state index in [9.17, 15) is 9.67 Å². The smallest absolute Gasteiger partial charge is 0.362 e. The molecule has 1 aromatic carbocycles. The Bertz CT molecular complexity index is 410. The summed E-state index contributed by atoms with van der Waals surface area (Å²) in [6.45, 7) is 0. The molecule has 4 nitrogen and oxygen atoms in total. The van der Waals surface area contributed by atoms with Crippen LogP contribution in [-0.4, -0.2) is 24.7 Å². The summed E-state index contributed by atoms with van der Waals surface area (Å²) in [5, 5.41) is 8.99. The fraction of sp³-hybridized carbons (Fsp3) is 0.455. The summed E-state index contributed by atoms with van der Waals surface area (Å²) in [6.07, 6.45) is 0.615. The largest absolute Gasteiger partial charge is 0.377 e. The van der Waals surface area contributed by atoms with Crippen LogP contribution in [0.15, 0.2) is 24.3 Å². The molecule has 0 saturated carbocycles. The van der Waals surface area contributed by atoms with E-state index in [0.29, 0.717) is 12.8 Å². The molecule has 1 aliphatic carbocycles. The van der Waals surface area contributed by atoms with Gasteiger partial charge in [0.1, 0.15) is 0 Å². The van der Waals surface area contributed by atoms with Crippen molar-refractivity contribution in [1.82, 2.24) is 0 Å². The third kappa shape index (κ3) is 1.62. The molecule has 0 fully saturated rings. The molecule has 0 amide bonds. The Morgan fingerprint density at radius 3 is 2.00 bits per heavy atom. The van der Waals surface area contributed by atoms with Gasteiger partial charge in [-0.15, -0.1) is 0 Å². The maximum atomic E-state index is 12.2. The van der Waals surface area contributed by atoms with Crippen LogP contribution in [0.1, 0.15) is 11.1 Å². The monoisotopic (exact) mass is 242 g/mol. The minimum absolute atomic E-state index is 0.308. The zero-order valence-electron chi connectivity index (χ0n) is 9.34. The highest BCUT2D eigenvalue weighted by Crippen LogP contribution is 2.62. The van der Waals surface area contributed by atoms with Crippen LogP contribution in [0.2, 0.25) is 0 Å². The summed E-state index contributed by atoms with van der Waals surface area (Å²) in [6, 6.07) is 7.64. The molecule has 0 saturated heterocycles. The Kier molecular flexibility index (Phi) is 2.93. The van der Waals surface area contributed by atoms with Crippen LogP contribution in [-0.2, 0) is 26.5 Å². The van der Waals surface area contributed by atoms with Gasteiger partial charge in [0.25, 0.3) is 0 Å². The van der Waals surface area contributed by atoms with E-state index in [4.69, 9.17) is 9.05 Å². The zero-order valence-corrected chi connectivity index (χ0v) is 10.2. The zero-order chi connectivity index (χ0) is 11.8. The molecule has 0 unspecified atom stereocenters. The van der Waals surface area contributed by atoms with E-state index < -0.39 is 12.9 Å². The van der Waals surface area contributed by atoms with Crippen LogP contribution in [0, 0.1) is 0 Å². The fourth-order valence-corrected chi connectivity index (χ4v) is 3.74. The van der Waals surface area contributed by atoms with Gasteiger partial charge >= 0.3 is 7.60 Å². The number of aliphatic hydroxyl groups is 1. The quantitative estimate of drug-likeness (QED) is 0.823. The van der Waals surface area contributed by atoms with Gasteiger partial charge in [-0.1, -0.05) is 24.3 Å². The molecule has 88 valence electrons. The Morgan fingerprint density at radius 1 is 1.19 bits per heavy atom. The number of rotatable bonds is 3. The van der Waals surface area contributed by atoms with Crippen molar-refractivity contribution in [2.24, 2.45) is 0 Å². The van der Waals surface area contributed by atoms with Crippen molar-refractivity contribution in [2.45, 2.75) is 18.2 Å². The number of fused-ring (bicyclic) bond motifs is 1. The number of hydrogen-bond donors (Lipinski definition) is 1. The van der Waals surface area contributed by atoms with Gasteiger partial charge < -0.3 is 14.2 Å². The van der Waals surface area contributed by atoms with Gasteiger partial charge in [0.05, 0.1) is 0 Å². The summed E-state index contributed by atoms with van der Waals surface area (Å²) < 4.78 is 22.0. The van der Waals surface area contributed by atoms with Crippen molar-refractivity contribution in [3.63, 3.8) is 0 Å². The van der Waals surface area contributed by atoms with E-state index in [1.54, 1.807) is 0 Å². The van der Waals surface area contributed by atoms with Crippen LogP contribution in [0.5, 0.6) is 0 Å². The van der Waals surface area contributed by atoms with Crippen LogP contribution < -0.4 is 0 Å². The molecular weight excluding hydrogens is 227 g/mol. The first kappa shape index (κ1) is 11.8. The summed E-state index contributed by atoms with van der Waals surface area (Å²) in [5.41, 5.74) is 2.00. The number of hydrogen-bond acceptors (Lipinski definition) is 4. The summed E-state index contributed by atoms with van der Waals surface area (Å²) in [4.78, 5) is 0. The van der Waals surface area contributed by atoms with Gasteiger partial charge in [0.2, 0.25) is 0 Å². The van der Waals surface area contributed by atoms with Gasteiger partial charge in [-0.3, -0.25) is 4.57 Å². The van der Waals surface area contributed by atoms with E-state index in [1.165, 1.54) is 14.2 Å². The highest BCUT2D eigenvalue weighted by atomic mass is 31.2. The number of benzene rings is 1. The molecule has 1 aliphatic rings. The minimum atomic E-state index is -3.47. The molecule has 2 rings (SSSR count). The lowest BCUT2D eigenvalue weighted by Crippen LogP contribution is -2.30. The average Bonchev–Trinajstić information content (AvgIpc) is 2.65. The second kappa shape index (κ2) is 3.97. The van der Waals surface area contributed by atoms with Crippen molar-refractivity contribution in [3.8, 4) is 0 Å². The molecular formula is C11H15O4P. The first-order chi connectivity index (χ1) is 7.54. The SMILES string of the molecule is COP(=O)(OC)C1(O)Cc2ccccc2C1. The molecule has 16 heavy (non-hydrogen) atoms. The van der Waals surface area contributed by atoms with Crippen LogP contribution in [0.3, 0.4) is 0 Å². The molecule has 0 aromatic heterocycles. The second-order valence-electron chi connectivity index (χ2n) is 3.97. The molecule has 0 radical (unpaired) electrons. The molecule has 0 heterocycles. The van der Waals surface area contributed by atoms with Crippen molar-refractivity contribution < 1.29 is 18.7 Å². The van der Waals surface area contributed by atoms with E-state index in [0.717, 1.165) is 11.1 Å². The van der Waals surface area contributed by atoms with Crippen LogP contribution in [0.4, 0.5) is 0 Å². The average molecular weight is 242 g/mol. The third-order valence-corrected chi connectivity index (χ3v) is 5.35. The Labute approximate surface area is 94.7 Å². The van der Waals surface area contributed by atoms with Gasteiger partial charge in [-0.25, -0.2) is 0 Å². The molecule has 0 aliphatic heterocycles. The minimum Gasteiger partial charge on any atom is -0.377 e. The molecule has 5 heteroatoms. The van der Waals surface area contributed by atoms with Crippen molar-refractivity contribution in [2.75, 3.05) is 14.2 Å². The van der Waals surface area contributed by atoms with Crippen LogP contribution >= 0.6 is 7.60 Å². The third-order valence-electron chi connectivity index (χ3n) is 3.06. The molecule has 1 aromatic rings. The highest BCUT2D eigenvalue weighted by Gasteiger charge is 2.52. The van der Waals surface area contributed by atoms with E-state index in [2.05, 4.69) is 0 Å². The van der Waals surface area contributed by atoms with Gasteiger partial charge in [0.15, 0.2) is 5.34 Å². The predicted octanol–water partition coefficient (Wildman–Crippen LogP) is 1.96.